The SMILES string of the molecule is O=Nc1c(F)cc(F)cc1Br. The van der Waals surface area contributed by atoms with Gasteiger partial charge in [-0.05, 0) is 27.2 Å². The molecule has 0 aliphatic carbocycles. The molecule has 0 saturated heterocycles. The summed E-state index contributed by atoms with van der Waals surface area (Å²) < 4.78 is 24.9. The van der Waals surface area contributed by atoms with Gasteiger partial charge in [-0.15, -0.1) is 4.91 Å². The van der Waals surface area contributed by atoms with E-state index in [1.807, 2.05) is 0 Å². The Labute approximate surface area is 69.3 Å². The summed E-state index contributed by atoms with van der Waals surface area (Å²) in [6.45, 7) is 0. The van der Waals surface area contributed by atoms with Crippen molar-refractivity contribution in [1.29, 1.82) is 0 Å². The average molecular weight is 222 g/mol. The lowest BCUT2D eigenvalue weighted by molar-refractivity contribution is 0.583. The minimum absolute atomic E-state index is 0.0185. The zero-order valence-corrected chi connectivity index (χ0v) is 6.73. The van der Waals surface area contributed by atoms with E-state index in [2.05, 4.69) is 21.1 Å². The number of rotatable bonds is 1. The van der Waals surface area contributed by atoms with Gasteiger partial charge in [-0.25, -0.2) is 8.78 Å². The summed E-state index contributed by atoms with van der Waals surface area (Å²) >= 11 is 2.78. The molecule has 0 unspecified atom stereocenters. The van der Waals surface area contributed by atoms with Gasteiger partial charge in [-0.2, -0.15) is 0 Å². The van der Waals surface area contributed by atoms with Gasteiger partial charge in [0, 0.05) is 6.07 Å². The molecule has 5 heteroatoms. The molecular formula is C6H2BrF2NO. The fraction of sp³-hybridized carbons (Fsp3) is 0. The van der Waals surface area contributed by atoms with Crippen molar-refractivity contribution in [2.75, 3.05) is 0 Å². The third-order valence-corrected chi connectivity index (χ3v) is 1.68. The summed E-state index contributed by atoms with van der Waals surface area (Å²) in [6, 6.07) is 1.57. The zero-order valence-electron chi connectivity index (χ0n) is 5.14. The quantitative estimate of drug-likeness (QED) is 0.671. The standard InChI is InChI=1S/C6H2BrF2NO/c7-4-1-3(8)2-5(9)6(4)10-11/h1-2H. The number of benzene rings is 1. The lowest BCUT2D eigenvalue weighted by atomic mass is 10.3. The molecule has 1 aromatic rings. The van der Waals surface area contributed by atoms with Gasteiger partial charge >= 0.3 is 0 Å². The van der Waals surface area contributed by atoms with Crippen molar-refractivity contribution in [3.05, 3.63) is 33.1 Å². The van der Waals surface area contributed by atoms with Crippen molar-refractivity contribution in [1.82, 2.24) is 0 Å². The maximum absolute atomic E-state index is 12.5. The van der Waals surface area contributed by atoms with Gasteiger partial charge in [0.1, 0.15) is 5.82 Å². The maximum atomic E-state index is 12.5. The molecule has 0 aromatic heterocycles. The molecule has 0 fully saturated rings. The molecule has 0 atom stereocenters. The Morgan fingerprint density at radius 3 is 2.45 bits per heavy atom. The molecule has 0 aliphatic heterocycles. The second kappa shape index (κ2) is 3.04. The third kappa shape index (κ3) is 1.59. The van der Waals surface area contributed by atoms with Crippen LogP contribution in [0.25, 0.3) is 0 Å². The van der Waals surface area contributed by atoms with Crippen LogP contribution >= 0.6 is 15.9 Å². The molecule has 58 valence electrons. The number of halogens is 3. The van der Waals surface area contributed by atoms with Gasteiger partial charge < -0.3 is 0 Å². The number of nitroso groups, excluding NO2 is 1. The summed E-state index contributed by atoms with van der Waals surface area (Å²) in [5, 5.41) is 2.37. The van der Waals surface area contributed by atoms with Gasteiger partial charge in [0.2, 0.25) is 0 Å². The van der Waals surface area contributed by atoms with E-state index in [0.717, 1.165) is 6.07 Å². The van der Waals surface area contributed by atoms with Crippen molar-refractivity contribution in [2.45, 2.75) is 0 Å². The molecular weight excluding hydrogens is 220 g/mol. The monoisotopic (exact) mass is 221 g/mol. The number of hydrogen-bond donors (Lipinski definition) is 0. The highest BCUT2D eigenvalue weighted by atomic mass is 79.9. The van der Waals surface area contributed by atoms with Crippen molar-refractivity contribution in [3.63, 3.8) is 0 Å². The largest absolute Gasteiger partial charge is 0.207 e. The van der Waals surface area contributed by atoms with E-state index in [1.165, 1.54) is 0 Å². The Balaban J connectivity index is 3.36. The first kappa shape index (κ1) is 8.26. The predicted molar refractivity (Wildman–Crippen MR) is 39.5 cm³/mol. The Morgan fingerprint density at radius 2 is 2.00 bits per heavy atom. The topological polar surface area (TPSA) is 29.4 Å². The van der Waals surface area contributed by atoms with Crippen molar-refractivity contribution < 1.29 is 8.78 Å². The fourth-order valence-electron chi connectivity index (χ4n) is 0.622. The lowest BCUT2D eigenvalue weighted by Gasteiger charge is -1.95. The van der Waals surface area contributed by atoms with Crippen molar-refractivity contribution in [3.8, 4) is 0 Å². The summed E-state index contributed by atoms with van der Waals surface area (Å²) in [6.07, 6.45) is 0. The summed E-state index contributed by atoms with van der Waals surface area (Å²) in [5.74, 6) is -1.71. The molecule has 0 saturated carbocycles. The van der Waals surface area contributed by atoms with Gasteiger partial charge in [0.15, 0.2) is 11.5 Å². The Bertz CT molecular complexity index is 280. The van der Waals surface area contributed by atoms with Crippen LogP contribution in [-0.4, -0.2) is 0 Å². The van der Waals surface area contributed by atoms with Crippen LogP contribution in [0.2, 0.25) is 0 Å². The molecule has 2 nitrogen and oxygen atoms in total. The van der Waals surface area contributed by atoms with E-state index in [-0.39, 0.29) is 4.47 Å². The second-order valence-electron chi connectivity index (χ2n) is 1.81. The first-order chi connectivity index (χ1) is 5.15. The van der Waals surface area contributed by atoms with E-state index in [1.54, 1.807) is 0 Å². The van der Waals surface area contributed by atoms with E-state index >= 15 is 0 Å². The first-order valence-electron chi connectivity index (χ1n) is 2.63. The van der Waals surface area contributed by atoms with Crippen LogP contribution < -0.4 is 0 Å². The van der Waals surface area contributed by atoms with Crippen LogP contribution in [-0.2, 0) is 0 Å². The predicted octanol–water partition coefficient (Wildman–Crippen LogP) is 3.13. The van der Waals surface area contributed by atoms with E-state index in [9.17, 15) is 13.7 Å². The van der Waals surface area contributed by atoms with Crippen molar-refractivity contribution >= 4 is 21.6 Å². The zero-order chi connectivity index (χ0) is 8.43. The molecule has 0 heterocycles. The molecule has 0 spiro atoms. The minimum atomic E-state index is -0.966. The van der Waals surface area contributed by atoms with E-state index in [0.29, 0.717) is 6.07 Å². The summed E-state index contributed by atoms with van der Waals surface area (Å²) in [7, 11) is 0. The molecule has 1 aromatic carbocycles. The van der Waals surface area contributed by atoms with Crippen molar-refractivity contribution in [2.24, 2.45) is 5.18 Å². The number of hydrogen-bond acceptors (Lipinski definition) is 2. The smallest absolute Gasteiger partial charge is 0.157 e. The molecule has 11 heavy (non-hydrogen) atoms. The number of nitrogens with zero attached hydrogens (tertiary/aromatic N) is 1. The average Bonchev–Trinajstić information content (AvgIpc) is 1.85. The molecule has 1 rings (SSSR count). The minimum Gasteiger partial charge on any atom is -0.207 e. The fourth-order valence-corrected chi connectivity index (χ4v) is 1.10. The Hall–Kier alpha value is -0.840. The van der Waals surface area contributed by atoms with Gasteiger partial charge in [0.25, 0.3) is 0 Å². The van der Waals surface area contributed by atoms with Gasteiger partial charge in [0.05, 0.1) is 4.47 Å². The van der Waals surface area contributed by atoms with Crippen LogP contribution in [0.3, 0.4) is 0 Å². The molecule has 0 N–H and O–H groups in total. The Morgan fingerprint density at radius 1 is 1.36 bits per heavy atom. The highest BCUT2D eigenvalue weighted by Crippen LogP contribution is 2.28. The third-order valence-electron chi connectivity index (χ3n) is 1.07. The van der Waals surface area contributed by atoms with Gasteiger partial charge in [-0.1, -0.05) is 0 Å². The molecule has 0 amide bonds. The Kier molecular flexibility index (Phi) is 2.28. The first-order valence-corrected chi connectivity index (χ1v) is 3.42. The summed E-state index contributed by atoms with van der Waals surface area (Å²) in [4.78, 5) is 9.92. The second-order valence-corrected chi connectivity index (χ2v) is 2.66. The lowest BCUT2D eigenvalue weighted by Crippen LogP contribution is -1.80. The molecule has 0 radical (unpaired) electrons. The van der Waals surface area contributed by atoms with Crippen LogP contribution in [0.1, 0.15) is 0 Å². The van der Waals surface area contributed by atoms with E-state index < -0.39 is 17.3 Å². The van der Waals surface area contributed by atoms with Crippen LogP contribution in [0.4, 0.5) is 14.5 Å². The normalized spacial score (nSPS) is 9.73. The highest BCUT2D eigenvalue weighted by Gasteiger charge is 2.08. The van der Waals surface area contributed by atoms with Crippen LogP contribution in [0.15, 0.2) is 21.8 Å². The molecule has 0 bridgehead atoms. The molecule has 0 aliphatic rings. The van der Waals surface area contributed by atoms with Crippen LogP contribution in [0, 0.1) is 16.5 Å². The maximum Gasteiger partial charge on any atom is 0.157 e. The van der Waals surface area contributed by atoms with E-state index in [4.69, 9.17) is 0 Å². The highest BCUT2D eigenvalue weighted by molar-refractivity contribution is 9.10. The van der Waals surface area contributed by atoms with Crippen LogP contribution in [0.5, 0.6) is 0 Å². The van der Waals surface area contributed by atoms with Gasteiger partial charge in [-0.3, -0.25) is 0 Å². The summed E-state index contributed by atoms with van der Waals surface area (Å²) in [5.41, 5.74) is -0.411.